The zero-order chi connectivity index (χ0) is 8.44. The minimum absolute atomic E-state index is 0.0897. The number of nitrogens with zero attached hydrogens (tertiary/aromatic N) is 1. The summed E-state index contributed by atoms with van der Waals surface area (Å²) in [5, 5.41) is 9.16. The van der Waals surface area contributed by atoms with Gasteiger partial charge in [-0.3, -0.25) is 0 Å². The molecule has 66 valence electrons. The van der Waals surface area contributed by atoms with E-state index in [1.54, 1.807) is 0 Å². The van der Waals surface area contributed by atoms with Gasteiger partial charge in [-0.25, -0.2) is 0 Å². The fourth-order valence-corrected chi connectivity index (χ4v) is 3.27. The highest BCUT2D eigenvalue weighted by Gasteiger charge is 2.38. The third kappa shape index (κ3) is 1.77. The molecule has 0 amide bonds. The highest BCUT2D eigenvalue weighted by Crippen LogP contribution is 2.46. The number of rotatable bonds is 2. The Morgan fingerprint density at radius 2 is 2.00 bits per heavy atom. The second-order valence-electron chi connectivity index (χ2n) is 4.15. The van der Waals surface area contributed by atoms with Gasteiger partial charge in [-0.2, -0.15) is 17.0 Å². The van der Waals surface area contributed by atoms with Gasteiger partial charge in [0.1, 0.15) is 0 Å². The predicted octanol–water partition coefficient (Wildman–Crippen LogP) is 2.82. The van der Waals surface area contributed by atoms with Crippen LogP contribution in [-0.4, -0.2) is 11.5 Å². The van der Waals surface area contributed by atoms with E-state index in [2.05, 4.69) is 6.07 Å². The Labute approximate surface area is 78.5 Å². The van der Waals surface area contributed by atoms with Gasteiger partial charge < -0.3 is 0 Å². The van der Waals surface area contributed by atoms with Crippen LogP contribution in [0, 0.1) is 22.7 Å². The quantitative estimate of drug-likeness (QED) is 0.654. The lowest BCUT2D eigenvalue weighted by atomic mass is 9.79. The predicted molar refractivity (Wildman–Crippen MR) is 51.9 cm³/mol. The van der Waals surface area contributed by atoms with E-state index in [1.807, 2.05) is 11.8 Å². The van der Waals surface area contributed by atoms with Crippen molar-refractivity contribution in [1.29, 1.82) is 5.26 Å². The van der Waals surface area contributed by atoms with Crippen molar-refractivity contribution in [3.63, 3.8) is 0 Å². The summed E-state index contributed by atoms with van der Waals surface area (Å²) < 4.78 is 0. The van der Waals surface area contributed by atoms with Gasteiger partial charge in [0.2, 0.25) is 0 Å². The van der Waals surface area contributed by atoms with Crippen molar-refractivity contribution in [2.75, 3.05) is 11.5 Å². The average Bonchev–Trinajstić information content (AvgIpc) is 2.90. The van der Waals surface area contributed by atoms with Crippen molar-refractivity contribution in [2.24, 2.45) is 11.3 Å². The molecular formula is C10H15NS. The summed E-state index contributed by atoms with van der Waals surface area (Å²) in [5.74, 6) is 3.33. The van der Waals surface area contributed by atoms with Crippen LogP contribution in [0.3, 0.4) is 0 Å². The molecule has 0 aromatic carbocycles. The highest BCUT2D eigenvalue weighted by molar-refractivity contribution is 7.99. The van der Waals surface area contributed by atoms with E-state index in [1.165, 1.54) is 30.8 Å². The Morgan fingerprint density at radius 1 is 1.33 bits per heavy atom. The van der Waals surface area contributed by atoms with E-state index < -0.39 is 0 Å². The maximum absolute atomic E-state index is 9.16. The van der Waals surface area contributed by atoms with E-state index >= 15 is 0 Å². The Balaban J connectivity index is 1.96. The summed E-state index contributed by atoms with van der Waals surface area (Å²) in [6.07, 6.45) is 6.26. The van der Waals surface area contributed by atoms with Crippen LogP contribution >= 0.6 is 11.8 Å². The van der Waals surface area contributed by atoms with Gasteiger partial charge in [-0.15, -0.1) is 0 Å². The molecule has 2 rings (SSSR count). The van der Waals surface area contributed by atoms with Crippen molar-refractivity contribution in [3.8, 4) is 6.07 Å². The molecule has 1 aliphatic carbocycles. The van der Waals surface area contributed by atoms with Gasteiger partial charge in [-0.1, -0.05) is 12.8 Å². The molecule has 1 nitrogen and oxygen atoms in total. The summed E-state index contributed by atoms with van der Waals surface area (Å²) >= 11 is 2.01. The number of nitriles is 1. The number of hydrogen-bond acceptors (Lipinski definition) is 2. The standard InChI is InChI=1S/C10H15NS/c11-8-10(7-9-1-2-9)3-5-12-6-4-10/h9H,1-7H2. The molecule has 1 saturated carbocycles. The van der Waals surface area contributed by atoms with E-state index in [9.17, 15) is 0 Å². The lowest BCUT2D eigenvalue weighted by Crippen LogP contribution is -2.25. The smallest absolute Gasteiger partial charge is 0.0690 e. The molecule has 0 spiro atoms. The van der Waals surface area contributed by atoms with Gasteiger partial charge in [-0.05, 0) is 36.7 Å². The largest absolute Gasteiger partial charge is 0.198 e. The molecule has 0 bridgehead atoms. The molecule has 2 fully saturated rings. The maximum Gasteiger partial charge on any atom is 0.0690 e. The molecule has 2 heteroatoms. The molecule has 0 radical (unpaired) electrons. The molecule has 1 saturated heterocycles. The first-order valence-corrected chi connectivity index (χ1v) is 5.99. The lowest BCUT2D eigenvalue weighted by Gasteiger charge is -2.30. The summed E-state index contributed by atoms with van der Waals surface area (Å²) in [7, 11) is 0. The van der Waals surface area contributed by atoms with E-state index in [4.69, 9.17) is 5.26 Å². The van der Waals surface area contributed by atoms with Crippen LogP contribution in [0.25, 0.3) is 0 Å². The number of thioether (sulfide) groups is 1. The molecule has 1 aliphatic heterocycles. The zero-order valence-electron chi connectivity index (χ0n) is 7.38. The molecule has 12 heavy (non-hydrogen) atoms. The Bertz CT molecular complexity index is 196. The van der Waals surface area contributed by atoms with Gasteiger partial charge in [0.25, 0.3) is 0 Å². The van der Waals surface area contributed by atoms with E-state index in [0.717, 1.165) is 18.8 Å². The maximum atomic E-state index is 9.16. The minimum Gasteiger partial charge on any atom is -0.198 e. The van der Waals surface area contributed by atoms with Crippen LogP contribution in [0.4, 0.5) is 0 Å². The van der Waals surface area contributed by atoms with Gasteiger partial charge in [0.05, 0.1) is 11.5 Å². The minimum atomic E-state index is 0.0897. The molecule has 0 aromatic rings. The number of hydrogen-bond donors (Lipinski definition) is 0. The molecule has 0 N–H and O–H groups in total. The fraction of sp³-hybridized carbons (Fsp3) is 0.900. The summed E-state index contributed by atoms with van der Waals surface area (Å²) in [6, 6.07) is 2.58. The summed E-state index contributed by atoms with van der Waals surface area (Å²) in [6.45, 7) is 0. The molecule has 0 atom stereocenters. The first-order valence-electron chi connectivity index (χ1n) is 4.84. The van der Waals surface area contributed by atoms with Crippen LogP contribution in [0.15, 0.2) is 0 Å². The molecular weight excluding hydrogens is 166 g/mol. The summed E-state index contributed by atoms with van der Waals surface area (Å²) in [4.78, 5) is 0. The van der Waals surface area contributed by atoms with Crippen LogP contribution in [0.1, 0.15) is 32.1 Å². The average molecular weight is 181 g/mol. The Kier molecular flexibility index (Phi) is 2.32. The third-order valence-electron chi connectivity index (χ3n) is 3.06. The van der Waals surface area contributed by atoms with Crippen molar-refractivity contribution < 1.29 is 0 Å². The van der Waals surface area contributed by atoms with Crippen molar-refractivity contribution >= 4 is 11.8 Å². The third-order valence-corrected chi connectivity index (χ3v) is 4.05. The topological polar surface area (TPSA) is 23.8 Å². The van der Waals surface area contributed by atoms with Crippen molar-refractivity contribution in [2.45, 2.75) is 32.1 Å². The Hall–Kier alpha value is -0.160. The van der Waals surface area contributed by atoms with Crippen LogP contribution in [0.5, 0.6) is 0 Å². The van der Waals surface area contributed by atoms with E-state index in [-0.39, 0.29) is 5.41 Å². The fourth-order valence-electron chi connectivity index (χ4n) is 2.00. The van der Waals surface area contributed by atoms with Gasteiger partial charge in [0, 0.05) is 0 Å². The SMILES string of the molecule is N#CC1(CC2CC2)CCSCC1. The Morgan fingerprint density at radius 3 is 2.50 bits per heavy atom. The van der Waals surface area contributed by atoms with E-state index in [0.29, 0.717) is 0 Å². The van der Waals surface area contributed by atoms with Crippen LogP contribution in [0.2, 0.25) is 0 Å². The van der Waals surface area contributed by atoms with Crippen molar-refractivity contribution in [1.82, 2.24) is 0 Å². The molecule has 2 aliphatic rings. The highest BCUT2D eigenvalue weighted by atomic mass is 32.2. The molecule has 1 heterocycles. The van der Waals surface area contributed by atoms with Gasteiger partial charge in [0.15, 0.2) is 0 Å². The van der Waals surface area contributed by atoms with Gasteiger partial charge >= 0.3 is 0 Å². The zero-order valence-corrected chi connectivity index (χ0v) is 8.20. The second-order valence-corrected chi connectivity index (χ2v) is 5.38. The first kappa shape index (κ1) is 8.44. The lowest BCUT2D eigenvalue weighted by molar-refractivity contribution is 0.316. The summed E-state index contributed by atoms with van der Waals surface area (Å²) in [5.41, 5.74) is 0.0897. The monoisotopic (exact) mass is 181 g/mol. The van der Waals surface area contributed by atoms with Crippen molar-refractivity contribution in [3.05, 3.63) is 0 Å². The molecule has 0 unspecified atom stereocenters. The molecule has 0 aromatic heterocycles. The second kappa shape index (κ2) is 3.30. The first-order chi connectivity index (χ1) is 5.85. The van der Waals surface area contributed by atoms with Crippen LogP contribution < -0.4 is 0 Å². The normalized spacial score (nSPS) is 27.9. The van der Waals surface area contributed by atoms with Crippen LogP contribution in [-0.2, 0) is 0 Å².